The van der Waals surface area contributed by atoms with Crippen molar-refractivity contribution in [2.75, 3.05) is 13.1 Å². The van der Waals surface area contributed by atoms with Gasteiger partial charge in [-0.15, -0.1) is 0 Å². The van der Waals surface area contributed by atoms with Crippen LogP contribution in [0.2, 0.25) is 0 Å². The maximum absolute atomic E-state index is 11.2. The second kappa shape index (κ2) is 9.46. The minimum atomic E-state index is -0.425. The number of alkyl carbamates (subject to hydrolysis) is 1. The second-order valence-electron chi connectivity index (χ2n) is 4.34. The number of amides is 1. The summed E-state index contributed by atoms with van der Waals surface area (Å²) in [6.07, 6.45) is -0.359. The third-order valence-corrected chi connectivity index (χ3v) is 1.50. The van der Waals surface area contributed by atoms with E-state index in [1.54, 1.807) is 0 Å². The first-order valence-electron chi connectivity index (χ1n) is 6.05. The van der Waals surface area contributed by atoms with Gasteiger partial charge in [-0.1, -0.05) is 20.8 Å². The average Bonchev–Trinajstić information content (AvgIpc) is 2.16. The Morgan fingerprint density at radius 2 is 1.81 bits per heavy atom. The first-order chi connectivity index (χ1) is 7.35. The van der Waals surface area contributed by atoms with E-state index in [9.17, 15) is 4.79 Å². The van der Waals surface area contributed by atoms with Crippen LogP contribution in [0.4, 0.5) is 4.79 Å². The fourth-order valence-corrected chi connectivity index (χ4v) is 0.971. The van der Waals surface area contributed by atoms with Crippen LogP contribution in [0, 0.1) is 0 Å². The zero-order valence-corrected chi connectivity index (χ0v) is 11.8. The quantitative estimate of drug-likeness (QED) is 0.783. The average molecular weight is 232 g/mol. The van der Waals surface area contributed by atoms with Crippen molar-refractivity contribution >= 4 is 6.09 Å². The molecule has 0 heterocycles. The van der Waals surface area contributed by atoms with E-state index in [0.29, 0.717) is 6.54 Å². The molecule has 0 aromatic rings. The molecule has 2 N–H and O–H groups in total. The van der Waals surface area contributed by atoms with Crippen LogP contribution in [-0.2, 0) is 4.74 Å². The van der Waals surface area contributed by atoms with Crippen molar-refractivity contribution in [1.82, 2.24) is 10.6 Å². The minimum Gasteiger partial charge on any atom is -0.444 e. The van der Waals surface area contributed by atoms with Gasteiger partial charge in [-0.2, -0.15) is 0 Å². The molecule has 0 bridgehead atoms. The molecular formula is C12H28N2O2. The van der Waals surface area contributed by atoms with E-state index in [4.69, 9.17) is 4.74 Å². The van der Waals surface area contributed by atoms with Crippen LogP contribution in [0.25, 0.3) is 0 Å². The van der Waals surface area contributed by atoms with Crippen molar-refractivity contribution < 1.29 is 9.53 Å². The van der Waals surface area contributed by atoms with Gasteiger partial charge in [-0.25, -0.2) is 4.79 Å². The number of nitrogens with one attached hydrogen (secondary N) is 2. The van der Waals surface area contributed by atoms with Crippen molar-refractivity contribution in [2.45, 2.75) is 60.1 Å². The van der Waals surface area contributed by atoms with E-state index in [-0.39, 0.29) is 12.1 Å². The highest BCUT2D eigenvalue weighted by Gasteiger charge is 2.15. The van der Waals surface area contributed by atoms with Gasteiger partial charge in [0.25, 0.3) is 0 Å². The Morgan fingerprint density at radius 1 is 1.31 bits per heavy atom. The largest absolute Gasteiger partial charge is 0.444 e. The van der Waals surface area contributed by atoms with Crippen LogP contribution in [0.3, 0.4) is 0 Å². The normalized spacial score (nSPS) is 12.2. The van der Waals surface area contributed by atoms with E-state index >= 15 is 0 Å². The van der Waals surface area contributed by atoms with E-state index in [1.165, 1.54) is 0 Å². The number of rotatable bonds is 4. The molecule has 0 spiro atoms. The predicted molar refractivity (Wildman–Crippen MR) is 68.7 cm³/mol. The SMILES string of the molecule is CC.CCNC(C)CNC(=O)OC(C)(C)C. The summed E-state index contributed by atoms with van der Waals surface area (Å²) in [7, 11) is 0. The van der Waals surface area contributed by atoms with Crippen LogP contribution in [-0.4, -0.2) is 30.8 Å². The summed E-state index contributed by atoms with van der Waals surface area (Å²) in [5.74, 6) is 0. The maximum Gasteiger partial charge on any atom is 0.407 e. The summed E-state index contributed by atoms with van der Waals surface area (Å²) in [6, 6.07) is 0.271. The Balaban J connectivity index is 0. The Bertz CT molecular complexity index is 176. The fourth-order valence-electron chi connectivity index (χ4n) is 0.971. The lowest BCUT2D eigenvalue weighted by molar-refractivity contribution is 0.0523. The van der Waals surface area contributed by atoms with Gasteiger partial charge in [-0.3, -0.25) is 0 Å². The lowest BCUT2D eigenvalue weighted by Gasteiger charge is -2.20. The van der Waals surface area contributed by atoms with Gasteiger partial charge in [0, 0.05) is 12.6 Å². The van der Waals surface area contributed by atoms with Crippen molar-refractivity contribution in [3.05, 3.63) is 0 Å². The highest BCUT2D eigenvalue weighted by atomic mass is 16.6. The van der Waals surface area contributed by atoms with Crippen molar-refractivity contribution in [3.63, 3.8) is 0 Å². The van der Waals surface area contributed by atoms with Crippen LogP contribution in [0.15, 0.2) is 0 Å². The van der Waals surface area contributed by atoms with Crippen molar-refractivity contribution in [3.8, 4) is 0 Å². The summed E-state index contributed by atoms with van der Waals surface area (Å²) < 4.78 is 5.09. The minimum absolute atomic E-state index is 0.271. The summed E-state index contributed by atoms with van der Waals surface area (Å²) >= 11 is 0. The molecule has 98 valence electrons. The number of ether oxygens (including phenoxy) is 1. The number of carbonyl (C=O) groups is 1. The molecule has 0 saturated carbocycles. The molecule has 4 heteroatoms. The third kappa shape index (κ3) is 13.2. The van der Waals surface area contributed by atoms with Crippen molar-refractivity contribution in [1.29, 1.82) is 0 Å². The van der Waals surface area contributed by atoms with E-state index in [2.05, 4.69) is 10.6 Å². The van der Waals surface area contributed by atoms with E-state index < -0.39 is 5.60 Å². The first kappa shape index (κ1) is 17.6. The fraction of sp³-hybridized carbons (Fsp3) is 0.917. The summed E-state index contributed by atoms with van der Waals surface area (Å²) in [6.45, 7) is 15.1. The molecule has 0 aliphatic rings. The molecule has 0 aromatic heterocycles. The van der Waals surface area contributed by atoms with Crippen molar-refractivity contribution in [2.24, 2.45) is 0 Å². The van der Waals surface area contributed by atoms with Gasteiger partial charge in [-0.05, 0) is 34.2 Å². The first-order valence-corrected chi connectivity index (χ1v) is 6.05. The smallest absolute Gasteiger partial charge is 0.407 e. The lowest BCUT2D eigenvalue weighted by Crippen LogP contribution is -2.41. The summed E-state index contributed by atoms with van der Waals surface area (Å²) in [5, 5.41) is 5.89. The summed E-state index contributed by atoms with van der Waals surface area (Å²) in [5.41, 5.74) is -0.425. The number of hydrogen-bond acceptors (Lipinski definition) is 3. The summed E-state index contributed by atoms with van der Waals surface area (Å²) in [4.78, 5) is 11.2. The Hall–Kier alpha value is -0.770. The molecule has 1 atom stereocenters. The molecule has 4 nitrogen and oxygen atoms in total. The van der Waals surface area contributed by atoms with Gasteiger partial charge in [0.1, 0.15) is 5.60 Å². The van der Waals surface area contributed by atoms with Gasteiger partial charge < -0.3 is 15.4 Å². The molecule has 0 fully saturated rings. The van der Waals surface area contributed by atoms with E-state index in [1.807, 2.05) is 48.5 Å². The second-order valence-corrected chi connectivity index (χ2v) is 4.34. The van der Waals surface area contributed by atoms with Crippen LogP contribution < -0.4 is 10.6 Å². The highest BCUT2D eigenvalue weighted by molar-refractivity contribution is 5.67. The monoisotopic (exact) mass is 232 g/mol. The molecule has 0 radical (unpaired) electrons. The molecule has 1 amide bonds. The zero-order valence-electron chi connectivity index (χ0n) is 11.8. The van der Waals surface area contributed by atoms with Gasteiger partial charge in [0.2, 0.25) is 0 Å². The molecule has 16 heavy (non-hydrogen) atoms. The standard InChI is InChI=1S/C10H22N2O2.C2H6/c1-6-11-8(2)7-12-9(13)14-10(3,4)5;1-2/h8,11H,6-7H2,1-5H3,(H,12,13);1-2H3. The Kier molecular flexibility index (Phi) is 10.4. The zero-order chi connectivity index (χ0) is 13.2. The maximum atomic E-state index is 11.2. The van der Waals surface area contributed by atoms with Gasteiger partial charge in [0.05, 0.1) is 0 Å². The highest BCUT2D eigenvalue weighted by Crippen LogP contribution is 2.06. The molecular weight excluding hydrogens is 204 g/mol. The third-order valence-electron chi connectivity index (χ3n) is 1.50. The predicted octanol–water partition coefficient (Wildman–Crippen LogP) is 2.54. The van der Waals surface area contributed by atoms with Crippen LogP contribution in [0.1, 0.15) is 48.5 Å². The number of carbonyl (C=O) groups excluding carboxylic acids is 1. The van der Waals surface area contributed by atoms with E-state index in [0.717, 1.165) is 6.54 Å². The molecule has 0 saturated heterocycles. The Morgan fingerprint density at radius 3 is 2.19 bits per heavy atom. The van der Waals surface area contributed by atoms with Crippen LogP contribution in [0.5, 0.6) is 0 Å². The Labute approximate surface area is 100 Å². The molecule has 0 rings (SSSR count). The topological polar surface area (TPSA) is 50.4 Å². The molecule has 1 unspecified atom stereocenters. The number of hydrogen-bond donors (Lipinski definition) is 2. The molecule has 0 aliphatic carbocycles. The van der Waals surface area contributed by atoms with Crippen LogP contribution >= 0.6 is 0 Å². The van der Waals surface area contributed by atoms with Gasteiger partial charge >= 0.3 is 6.09 Å². The number of likely N-dealkylation sites (N-methyl/N-ethyl adjacent to an activating group) is 1. The molecule has 0 aliphatic heterocycles. The lowest BCUT2D eigenvalue weighted by atomic mass is 10.2. The van der Waals surface area contributed by atoms with Gasteiger partial charge in [0.15, 0.2) is 0 Å². The molecule has 0 aromatic carbocycles.